The number of halogens is 2. The van der Waals surface area contributed by atoms with Crippen molar-refractivity contribution in [2.75, 3.05) is 5.32 Å². The first-order chi connectivity index (χ1) is 18.8. The van der Waals surface area contributed by atoms with Crippen molar-refractivity contribution >= 4 is 39.3 Å². The highest BCUT2D eigenvalue weighted by molar-refractivity contribution is 9.10. The standard InChI is InChI=1S/C31H27BrClN3O3/c1-31(2,22-9-4-3-5-10-22)23-12-14-24(15-13-23)38-20-25-16-17-28(39-25)30(37)34-29-26(32)19-36(35-29)18-21-8-6-7-11-27(21)33/h3-17,19H,18,20H2,1-2H3,(H,34,35,37). The number of hydrogen-bond acceptors (Lipinski definition) is 4. The minimum absolute atomic E-state index is 0.123. The third kappa shape index (κ3) is 6.27. The Balaban J connectivity index is 1.18. The Morgan fingerprint density at radius 1 is 0.974 bits per heavy atom. The fourth-order valence-electron chi connectivity index (χ4n) is 4.25. The molecule has 0 unspecified atom stereocenters. The Bertz CT molecular complexity index is 1580. The van der Waals surface area contributed by atoms with E-state index >= 15 is 0 Å². The average molecular weight is 605 g/mol. The summed E-state index contributed by atoms with van der Waals surface area (Å²) in [7, 11) is 0. The van der Waals surface area contributed by atoms with E-state index in [2.05, 4.69) is 76.6 Å². The second-order valence-corrected chi connectivity index (χ2v) is 10.9. The Hall–Kier alpha value is -3.81. The summed E-state index contributed by atoms with van der Waals surface area (Å²) in [5.41, 5.74) is 3.25. The van der Waals surface area contributed by atoms with E-state index in [0.29, 0.717) is 27.6 Å². The monoisotopic (exact) mass is 603 g/mol. The minimum atomic E-state index is -0.405. The maximum atomic E-state index is 12.8. The quantitative estimate of drug-likeness (QED) is 0.185. The second kappa shape index (κ2) is 11.5. The number of amides is 1. The lowest BCUT2D eigenvalue weighted by Gasteiger charge is -2.26. The molecule has 6 nitrogen and oxygen atoms in total. The molecule has 5 rings (SSSR count). The van der Waals surface area contributed by atoms with Crippen LogP contribution in [-0.2, 0) is 18.6 Å². The van der Waals surface area contributed by atoms with Crippen LogP contribution < -0.4 is 10.1 Å². The molecular formula is C31H27BrClN3O3. The topological polar surface area (TPSA) is 69.3 Å². The van der Waals surface area contributed by atoms with Gasteiger partial charge in [-0.2, -0.15) is 5.10 Å². The molecule has 0 aliphatic rings. The van der Waals surface area contributed by atoms with Crippen LogP contribution in [0.4, 0.5) is 5.82 Å². The zero-order chi connectivity index (χ0) is 27.4. The van der Waals surface area contributed by atoms with Gasteiger partial charge in [-0.3, -0.25) is 9.48 Å². The summed E-state index contributed by atoms with van der Waals surface area (Å²) >= 11 is 9.71. The molecule has 0 fully saturated rings. The van der Waals surface area contributed by atoms with Gasteiger partial charge < -0.3 is 14.5 Å². The lowest BCUT2D eigenvalue weighted by atomic mass is 9.78. The van der Waals surface area contributed by atoms with Gasteiger partial charge in [-0.05, 0) is 63.0 Å². The molecule has 0 saturated carbocycles. The molecule has 0 aliphatic heterocycles. The highest BCUT2D eigenvalue weighted by atomic mass is 79.9. The number of anilines is 1. The molecule has 198 valence electrons. The SMILES string of the molecule is CC(C)(c1ccccc1)c1ccc(OCc2ccc(C(=O)Nc3nn(Cc4ccccc4Cl)cc3Br)o2)cc1. The van der Waals surface area contributed by atoms with Crippen molar-refractivity contribution < 1.29 is 13.9 Å². The summed E-state index contributed by atoms with van der Waals surface area (Å²) in [6.45, 7) is 5.08. The number of carbonyl (C=O) groups is 1. The fraction of sp³-hybridized carbons (Fsp3) is 0.161. The van der Waals surface area contributed by atoms with E-state index in [-0.39, 0.29) is 17.8 Å². The smallest absolute Gasteiger partial charge is 0.292 e. The zero-order valence-corrected chi connectivity index (χ0v) is 23.9. The Morgan fingerprint density at radius 3 is 2.41 bits per heavy atom. The minimum Gasteiger partial charge on any atom is -0.486 e. The van der Waals surface area contributed by atoms with Crippen molar-refractivity contribution in [2.45, 2.75) is 32.4 Å². The lowest BCUT2D eigenvalue weighted by Crippen LogP contribution is -2.18. The van der Waals surface area contributed by atoms with Gasteiger partial charge >= 0.3 is 0 Å². The van der Waals surface area contributed by atoms with Crippen LogP contribution in [0.1, 0.15) is 46.9 Å². The molecule has 1 N–H and O–H groups in total. The number of aromatic nitrogens is 2. The highest BCUT2D eigenvalue weighted by Crippen LogP contribution is 2.32. The predicted octanol–water partition coefficient (Wildman–Crippen LogP) is 8.10. The van der Waals surface area contributed by atoms with Gasteiger partial charge in [0.05, 0.1) is 11.0 Å². The molecule has 0 aliphatic carbocycles. The van der Waals surface area contributed by atoms with Gasteiger partial charge in [-0.25, -0.2) is 0 Å². The lowest BCUT2D eigenvalue weighted by molar-refractivity contribution is 0.0992. The number of ether oxygens (including phenoxy) is 1. The zero-order valence-electron chi connectivity index (χ0n) is 21.5. The summed E-state index contributed by atoms with van der Waals surface area (Å²) in [5.74, 6) is 1.41. The van der Waals surface area contributed by atoms with E-state index in [4.69, 9.17) is 20.8 Å². The van der Waals surface area contributed by atoms with E-state index in [1.54, 1.807) is 23.0 Å². The largest absolute Gasteiger partial charge is 0.486 e. The molecule has 2 aromatic heterocycles. The second-order valence-electron chi connectivity index (χ2n) is 9.64. The molecule has 0 bridgehead atoms. The van der Waals surface area contributed by atoms with Crippen molar-refractivity contribution in [3.8, 4) is 5.75 Å². The van der Waals surface area contributed by atoms with Crippen molar-refractivity contribution in [1.82, 2.24) is 9.78 Å². The van der Waals surface area contributed by atoms with Gasteiger partial charge in [0.15, 0.2) is 11.6 Å². The maximum Gasteiger partial charge on any atom is 0.292 e. The van der Waals surface area contributed by atoms with Crippen LogP contribution in [0.15, 0.2) is 106 Å². The van der Waals surface area contributed by atoms with Crippen LogP contribution in [0.3, 0.4) is 0 Å². The Labute approximate surface area is 240 Å². The number of carbonyl (C=O) groups excluding carboxylic acids is 1. The number of nitrogens with one attached hydrogen (secondary N) is 1. The van der Waals surface area contributed by atoms with E-state index < -0.39 is 5.91 Å². The molecule has 2 heterocycles. The van der Waals surface area contributed by atoms with Crippen molar-refractivity contribution in [2.24, 2.45) is 0 Å². The van der Waals surface area contributed by atoms with E-state index in [0.717, 1.165) is 11.3 Å². The summed E-state index contributed by atoms with van der Waals surface area (Å²) < 4.78 is 14.0. The molecule has 3 aromatic carbocycles. The number of furan rings is 1. The molecule has 1 amide bonds. The van der Waals surface area contributed by atoms with Crippen molar-refractivity contribution in [1.29, 1.82) is 0 Å². The number of hydrogen-bond donors (Lipinski definition) is 1. The van der Waals surface area contributed by atoms with Crippen molar-refractivity contribution in [3.05, 3.63) is 135 Å². The Morgan fingerprint density at radius 2 is 1.67 bits per heavy atom. The number of benzene rings is 3. The number of nitrogens with zero attached hydrogens (tertiary/aromatic N) is 2. The van der Waals surface area contributed by atoms with Crippen LogP contribution in [0, 0.1) is 0 Å². The van der Waals surface area contributed by atoms with Gasteiger partial charge in [-0.15, -0.1) is 0 Å². The van der Waals surface area contributed by atoms with Gasteiger partial charge in [0.2, 0.25) is 0 Å². The fourth-order valence-corrected chi connectivity index (χ4v) is 4.86. The Kier molecular flexibility index (Phi) is 7.91. The average Bonchev–Trinajstić information content (AvgIpc) is 3.56. The van der Waals surface area contributed by atoms with Crippen LogP contribution in [-0.4, -0.2) is 15.7 Å². The normalized spacial score (nSPS) is 11.4. The van der Waals surface area contributed by atoms with Crippen LogP contribution in [0.2, 0.25) is 5.02 Å². The molecule has 5 aromatic rings. The third-order valence-corrected chi connectivity index (χ3v) is 7.53. The van der Waals surface area contributed by atoms with Gasteiger partial charge in [-0.1, -0.05) is 86.1 Å². The van der Waals surface area contributed by atoms with Gasteiger partial charge in [0.1, 0.15) is 18.1 Å². The summed E-state index contributed by atoms with van der Waals surface area (Å²) in [4.78, 5) is 12.8. The van der Waals surface area contributed by atoms with Crippen LogP contribution in [0.25, 0.3) is 0 Å². The predicted molar refractivity (Wildman–Crippen MR) is 156 cm³/mol. The summed E-state index contributed by atoms with van der Waals surface area (Å²) in [6, 6.07) is 29.4. The molecular weight excluding hydrogens is 578 g/mol. The summed E-state index contributed by atoms with van der Waals surface area (Å²) in [6.07, 6.45) is 1.78. The van der Waals surface area contributed by atoms with E-state index in [1.807, 2.05) is 42.5 Å². The molecule has 0 saturated heterocycles. The van der Waals surface area contributed by atoms with Gasteiger partial charge in [0, 0.05) is 16.6 Å². The highest BCUT2D eigenvalue weighted by Gasteiger charge is 2.22. The first kappa shape index (κ1) is 26.8. The molecule has 39 heavy (non-hydrogen) atoms. The molecule has 0 radical (unpaired) electrons. The third-order valence-electron chi connectivity index (χ3n) is 6.58. The molecule has 8 heteroatoms. The molecule has 0 atom stereocenters. The van der Waals surface area contributed by atoms with Crippen LogP contribution >= 0.6 is 27.5 Å². The van der Waals surface area contributed by atoms with E-state index in [1.165, 1.54) is 11.1 Å². The summed E-state index contributed by atoms with van der Waals surface area (Å²) in [5, 5.41) is 7.89. The first-order valence-corrected chi connectivity index (χ1v) is 13.6. The van der Waals surface area contributed by atoms with Crippen molar-refractivity contribution in [3.63, 3.8) is 0 Å². The van der Waals surface area contributed by atoms with E-state index in [9.17, 15) is 4.79 Å². The molecule has 0 spiro atoms. The van der Waals surface area contributed by atoms with Gasteiger partial charge in [0.25, 0.3) is 5.91 Å². The first-order valence-electron chi connectivity index (χ1n) is 12.4. The number of rotatable bonds is 9. The maximum absolute atomic E-state index is 12.8. The van der Waals surface area contributed by atoms with Crippen LogP contribution in [0.5, 0.6) is 5.75 Å².